The monoisotopic (exact) mass is 323 g/mol. The molecule has 0 unspecified atom stereocenters. The van der Waals surface area contributed by atoms with Crippen molar-refractivity contribution in [3.8, 4) is 0 Å². The van der Waals surface area contributed by atoms with Crippen LogP contribution in [0.3, 0.4) is 0 Å². The molecule has 0 atom stereocenters. The topological polar surface area (TPSA) is 83.3 Å². The van der Waals surface area contributed by atoms with Gasteiger partial charge in [0.1, 0.15) is 0 Å². The lowest BCUT2D eigenvalue weighted by Gasteiger charge is -2.27. The molecule has 7 heteroatoms. The van der Waals surface area contributed by atoms with Gasteiger partial charge in [-0.3, -0.25) is 4.79 Å². The SMILES string of the molecule is CCCc1noc(CCCC(=O)NCCCN2CCNCC2)n1. The minimum atomic E-state index is 0.110. The molecule has 1 aliphatic rings. The zero-order valence-corrected chi connectivity index (χ0v) is 14.1. The van der Waals surface area contributed by atoms with Crippen LogP contribution in [-0.4, -0.2) is 60.2 Å². The summed E-state index contributed by atoms with van der Waals surface area (Å²) in [5, 5.41) is 10.2. The summed E-state index contributed by atoms with van der Waals surface area (Å²) in [5.41, 5.74) is 0. The molecule has 130 valence electrons. The van der Waals surface area contributed by atoms with Gasteiger partial charge in [-0.1, -0.05) is 12.1 Å². The number of rotatable bonds is 10. The van der Waals surface area contributed by atoms with Crippen molar-refractivity contribution in [2.24, 2.45) is 0 Å². The fourth-order valence-electron chi connectivity index (χ4n) is 2.67. The molecule has 2 rings (SSSR count). The second-order valence-electron chi connectivity index (χ2n) is 6.00. The molecule has 2 heterocycles. The number of aromatic nitrogens is 2. The van der Waals surface area contributed by atoms with Crippen LogP contribution in [0.15, 0.2) is 4.52 Å². The molecule has 1 saturated heterocycles. The molecule has 1 aliphatic heterocycles. The number of carbonyl (C=O) groups is 1. The predicted octanol–water partition coefficient (Wildman–Crippen LogP) is 0.756. The van der Waals surface area contributed by atoms with Gasteiger partial charge in [0.15, 0.2) is 5.82 Å². The zero-order valence-electron chi connectivity index (χ0n) is 14.1. The van der Waals surface area contributed by atoms with E-state index in [0.29, 0.717) is 18.7 Å². The number of piperazine rings is 1. The first-order valence-electron chi connectivity index (χ1n) is 8.79. The first kappa shape index (κ1) is 17.9. The number of hydrogen-bond donors (Lipinski definition) is 2. The van der Waals surface area contributed by atoms with Crippen molar-refractivity contribution in [3.05, 3.63) is 11.7 Å². The summed E-state index contributed by atoms with van der Waals surface area (Å²) in [5.74, 6) is 1.51. The molecule has 0 saturated carbocycles. The highest BCUT2D eigenvalue weighted by Crippen LogP contribution is 2.04. The lowest BCUT2D eigenvalue weighted by Crippen LogP contribution is -2.44. The molecule has 0 bridgehead atoms. The van der Waals surface area contributed by atoms with Crippen LogP contribution in [0.1, 0.15) is 44.3 Å². The first-order chi connectivity index (χ1) is 11.3. The zero-order chi connectivity index (χ0) is 16.3. The average Bonchev–Trinajstić information content (AvgIpc) is 3.00. The second kappa shape index (κ2) is 10.3. The number of aryl methyl sites for hydroxylation is 2. The fourth-order valence-corrected chi connectivity index (χ4v) is 2.67. The number of carbonyl (C=O) groups excluding carboxylic acids is 1. The van der Waals surface area contributed by atoms with Crippen molar-refractivity contribution >= 4 is 5.91 Å². The third kappa shape index (κ3) is 7.09. The van der Waals surface area contributed by atoms with Gasteiger partial charge < -0.3 is 20.1 Å². The van der Waals surface area contributed by atoms with Gasteiger partial charge >= 0.3 is 0 Å². The van der Waals surface area contributed by atoms with Gasteiger partial charge in [0.05, 0.1) is 0 Å². The molecule has 0 aromatic carbocycles. The van der Waals surface area contributed by atoms with E-state index in [4.69, 9.17) is 4.52 Å². The van der Waals surface area contributed by atoms with E-state index in [0.717, 1.165) is 70.8 Å². The van der Waals surface area contributed by atoms with E-state index in [2.05, 4.69) is 32.6 Å². The summed E-state index contributed by atoms with van der Waals surface area (Å²) in [6, 6.07) is 0. The molecule has 2 N–H and O–H groups in total. The van der Waals surface area contributed by atoms with E-state index in [1.165, 1.54) is 0 Å². The van der Waals surface area contributed by atoms with Crippen LogP contribution in [0.4, 0.5) is 0 Å². The summed E-state index contributed by atoms with van der Waals surface area (Å²) in [6.45, 7) is 8.26. The lowest BCUT2D eigenvalue weighted by molar-refractivity contribution is -0.121. The normalized spacial score (nSPS) is 15.7. The van der Waals surface area contributed by atoms with Crippen LogP contribution >= 0.6 is 0 Å². The number of nitrogens with zero attached hydrogens (tertiary/aromatic N) is 3. The van der Waals surface area contributed by atoms with Gasteiger partial charge in [-0.05, 0) is 25.8 Å². The summed E-state index contributed by atoms with van der Waals surface area (Å²) >= 11 is 0. The summed E-state index contributed by atoms with van der Waals surface area (Å²) in [4.78, 5) is 18.5. The van der Waals surface area contributed by atoms with Crippen LogP contribution < -0.4 is 10.6 Å². The van der Waals surface area contributed by atoms with Gasteiger partial charge in [0.2, 0.25) is 11.8 Å². The van der Waals surface area contributed by atoms with Gasteiger partial charge in [-0.25, -0.2) is 0 Å². The first-order valence-corrected chi connectivity index (χ1v) is 8.79. The molecule has 7 nitrogen and oxygen atoms in total. The van der Waals surface area contributed by atoms with E-state index >= 15 is 0 Å². The maximum atomic E-state index is 11.8. The Balaban J connectivity index is 1.49. The lowest BCUT2D eigenvalue weighted by atomic mass is 10.2. The Morgan fingerprint density at radius 3 is 2.91 bits per heavy atom. The molecule has 0 spiro atoms. The van der Waals surface area contributed by atoms with E-state index in [-0.39, 0.29) is 5.91 Å². The van der Waals surface area contributed by atoms with E-state index in [9.17, 15) is 4.79 Å². The van der Waals surface area contributed by atoms with Crippen LogP contribution in [0.2, 0.25) is 0 Å². The highest BCUT2D eigenvalue weighted by atomic mass is 16.5. The highest BCUT2D eigenvalue weighted by molar-refractivity contribution is 5.75. The van der Waals surface area contributed by atoms with E-state index in [1.807, 2.05) is 0 Å². The Morgan fingerprint density at radius 2 is 2.13 bits per heavy atom. The van der Waals surface area contributed by atoms with Crippen molar-refractivity contribution in [2.45, 2.75) is 45.4 Å². The number of nitrogens with one attached hydrogen (secondary N) is 2. The molecular weight excluding hydrogens is 294 g/mol. The fraction of sp³-hybridized carbons (Fsp3) is 0.812. The second-order valence-corrected chi connectivity index (χ2v) is 6.00. The Kier molecular flexibility index (Phi) is 8.03. The molecule has 23 heavy (non-hydrogen) atoms. The Morgan fingerprint density at radius 1 is 1.30 bits per heavy atom. The smallest absolute Gasteiger partial charge is 0.226 e. The van der Waals surface area contributed by atoms with Crippen molar-refractivity contribution in [2.75, 3.05) is 39.3 Å². The molecule has 1 aromatic heterocycles. The van der Waals surface area contributed by atoms with Gasteiger partial charge in [-0.2, -0.15) is 4.98 Å². The largest absolute Gasteiger partial charge is 0.356 e. The Hall–Kier alpha value is -1.47. The third-order valence-corrected chi connectivity index (χ3v) is 3.96. The third-order valence-electron chi connectivity index (χ3n) is 3.96. The van der Waals surface area contributed by atoms with Crippen LogP contribution in [0.5, 0.6) is 0 Å². The Labute approximate surface area is 138 Å². The standard InChI is InChI=1S/C16H29N5O2/c1-2-5-14-19-16(23-20-14)7-3-6-15(22)18-8-4-11-21-12-9-17-10-13-21/h17H,2-13H2,1H3,(H,18,22). The number of hydrogen-bond acceptors (Lipinski definition) is 6. The van der Waals surface area contributed by atoms with Crippen LogP contribution in [-0.2, 0) is 17.6 Å². The Bertz CT molecular complexity index is 457. The minimum Gasteiger partial charge on any atom is -0.356 e. The van der Waals surface area contributed by atoms with Crippen LogP contribution in [0, 0.1) is 0 Å². The quantitative estimate of drug-likeness (QED) is 0.619. The maximum absolute atomic E-state index is 11.8. The van der Waals surface area contributed by atoms with Crippen molar-refractivity contribution in [3.63, 3.8) is 0 Å². The molecular formula is C16H29N5O2. The van der Waals surface area contributed by atoms with E-state index < -0.39 is 0 Å². The van der Waals surface area contributed by atoms with E-state index in [1.54, 1.807) is 0 Å². The minimum absolute atomic E-state index is 0.110. The molecule has 1 fully saturated rings. The molecule has 0 radical (unpaired) electrons. The van der Waals surface area contributed by atoms with Crippen LogP contribution in [0.25, 0.3) is 0 Å². The van der Waals surface area contributed by atoms with Gasteiger partial charge in [-0.15, -0.1) is 0 Å². The predicted molar refractivity (Wildman–Crippen MR) is 88.2 cm³/mol. The molecule has 1 amide bonds. The van der Waals surface area contributed by atoms with Crippen molar-refractivity contribution in [1.29, 1.82) is 0 Å². The summed E-state index contributed by atoms with van der Waals surface area (Å²) in [7, 11) is 0. The van der Waals surface area contributed by atoms with Gasteiger partial charge in [0, 0.05) is 52.0 Å². The number of amides is 1. The molecule has 0 aliphatic carbocycles. The average molecular weight is 323 g/mol. The molecule has 1 aromatic rings. The van der Waals surface area contributed by atoms with Crippen molar-refractivity contribution in [1.82, 2.24) is 25.7 Å². The highest BCUT2D eigenvalue weighted by Gasteiger charge is 2.09. The summed E-state index contributed by atoms with van der Waals surface area (Å²) < 4.78 is 5.16. The maximum Gasteiger partial charge on any atom is 0.226 e. The van der Waals surface area contributed by atoms with Gasteiger partial charge in [0.25, 0.3) is 0 Å². The van der Waals surface area contributed by atoms with Crippen molar-refractivity contribution < 1.29 is 9.32 Å². The summed E-state index contributed by atoms with van der Waals surface area (Å²) in [6.07, 6.45) is 4.80.